The number of aryl methyl sites for hydroxylation is 1. The number of aromatic amines is 1. The normalized spacial score (nSPS) is 11.9. The van der Waals surface area contributed by atoms with Crippen LogP contribution in [-0.2, 0) is 7.05 Å². The summed E-state index contributed by atoms with van der Waals surface area (Å²) >= 11 is 0. The number of hydrogen-bond donors (Lipinski definition) is 2. The molecule has 25 heavy (non-hydrogen) atoms. The lowest BCUT2D eigenvalue weighted by molar-refractivity contribution is 0.251. The SMILES string of the molecule is BC(B)(C)Oc1nn(C)c2cc(Nc3n[nH]c4cccnc34)ccc12. The molecule has 2 N–H and O–H groups in total. The van der Waals surface area contributed by atoms with Gasteiger partial charge in [0, 0.05) is 24.3 Å². The van der Waals surface area contributed by atoms with E-state index >= 15 is 0 Å². The van der Waals surface area contributed by atoms with E-state index in [1.54, 1.807) is 6.20 Å². The van der Waals surface area contributed by atoms with Crippen LogP contribution in [0.2, 0.25) is 0 Å². The van der Waals surface area contributed by atoms with Crippen molar-refractivity contribution >= 4 is 49.1 Å². The van der Waals surface area contributed by atoms with Gasteiger partial charge in [0.1, 0.15) is 21.2 Å². The molecular formula is C16H18B2N6O. The zero-order chi connectivity index (χ0) is 17.6. The Kier molecular flexibility index (Phi) is 3.45. The van der Waals surface area contributed by atoms with Crippen LogP contribution in [0.3, 0.4) is 0 Å². The van der Waals surface area contributed by atoms with Crippen LogP contribution in [0, 0.1) is 0 Å². The zero-order valence-electron chi connectivity index (χ0n) is 14.7. The number of nitrogens with one attached hydrogen (secondary N) is 2. The summed E-state index contributed by atoms with van der Waals surface area (Å²) in [6, 6.07) is 9.85. The fraction of sp³-hybridized carbons (Fsp3) is 0.188. The van der Waals surface area contributed by atoms with Crippen molar-refractivity contribution in [3.8, 4) is 5.88 Å². The fourth-order valence-corrected chi connectivity index (χ4v) is 2.74. The molecule has 3 heterocycles. The van der Waals surface area contributed by atoms with E-state index in [1.807, 2.05) is 64.7 Å². The van der Waals surface area contributed by atoms with Crippen LogP contribution in [0.25, 0.3) is 21.9 Å². The Morgan fingerprint density at radius 2 is 2.12 bits per heavy atom. The van der Waals surface area contributed by atoms with Crippen molar-refractivity contribution in [2.24, 2.45) is 7.05 Å². The van der Waals surface area contributed by atoms with E-state index in [0.29, 0.717) is 11.7 Å². The summed E-state index contributed by atoms with van der Waals surface area (Å²) in [6.07, 6.45) is 1.75. The van der Waals surface area contributed by atoms with Crippen molar-refractivity contribution in [3.05, 3.63) is 36.5 Å². The summed E-state index contributed by atoms with van der Waals surface area (Å²) < 4.78 is 7.78. The standard InChI is InChI=1S/C16H18B2N6O/c1-16(17,18)25-15-10-6-5-9(8-12(10)24(2)23-15)20-14-13-11(21-22-14)4-3-7-19-13/h3-8H,17-18H2,1-2H3,(H2,20,21,22). The van der Waals surface area contributed by atoms with Crippen LogP contribution in [0.4, 0.5) is 11.5 Å². The van der Waals surface area contributed by atoms with Gasteiger partial charge in [-0.15, -0.1) is 5.10 Å². The fourth-order valence-electron chi connectivity index (χ4n) is 2.74. The Bertz CT molecular complexity index is 1070. The van der Waals surface area contributed by atoms with E-state index in [9.17, 15) is 0 Å². The van der Waals surface area contributed by atoms with Crippen molar-refractivity contribution in [3.63, 3.8) is 0 Å². The zero-order valence-corrected chi connectivity index (χ0v) is 14.7. The molecule has 0 aliphatic carbocycles. The molecule has 0 saturated heterocycles. The molecule has 0 amide bonds. The Hall–Kier alpha value is -2.96. The van der Waals surface area contributed by atoms with Gasteiger partial charge in [0.25, 0.3) is 0 Å². The largest absolute Gasteiger partial charge is 0.489 e. The third-order valence-electron chi connectivity index (χ3n) is 3.80. The number of fused-ring (bicyclic) bond motifs is 2. The second-order valence-electron chi connectivity index (χ2n) is 6.97. The van der Waals surface area contributed by atoms with Crippen molar-refractivity contribution in [1.29, 1.82) is 0 Å². The van der Waals surface area contributed by atoms with Crippen LogP contribution in [0.1, 0.15) is 6.92 Å². The highest BCUT2D eigenvalue weighted by atomic mass is 16.5. The van der Waals surface area contributed by atoms with Gasteiger partial charge in [-0.2, -0.15) is 5.10 Å². The van der Waals surface area contributed by atoms with Gasteiger partial charge in [0.15, 0.2) is 5.82 Å². The average Bonchev–Trinajstić information content (AvgIpc) is 3.08. The number of rotatable bonds is 4. The van der Waals surface area contributed by atoms with Gasteiger partial charge in [-0.25, -0.2) is 0 Å². The minimum absolute atomic E-state index is 0.294. The summed E-state index contributed by atoms with van der Waals surface area (Å²) in [4.78, 5) is 4.37. The third kappa shape index (κ3) is 2.93. The molecule has 0 unspecified atom stereocenters. The maximum atomic E-state index is 5.96. The Balaban J connectivity index is 1.71. The van der Waals surface area contributed by atoms with Gasteiger partial charge in [0.05, 0.1) is 16.4 Å². The molecule has 0 bridgehead atoms. The molecule has 0 spiro atoms. The summed E-state index contributed by atoms with van der Waals surface area (Å²) in [7, 11) is 5.94. The first kappa shape index (κ1) is 15.6. The molecular weight excluding hydrogens is 314 g/mol. The molecule has 3 aromatic heterocycles. The Labute approximate surface area is 146 Å². The number of hydrogen-bond acceptors (Lipinski definition) is 5. The van der Waals surface area contributed by atoms with Crippen LogP contribution < -0.4 is 10.1 Å². The number of aromatic nitrogens is 5. The number of ether oxygens (including phenoxy) is 1. The molecule has 0 radical (unpaired) electrons. The number of benzene rings is 1. The quantitative estimate of drug-likeness (QED) is 0.543. The first-order valence-electron chi connectivity index (χ1n) is 8.13. The molecule has 0 aliphatic heterocycles. The summed E-state index contributed by atoms with van der Waals surface area (Å²) in [5.41, 5.74) is 3.60. The molecule has 1 aromatic carbocycles. The number of H-pyrrole nitrogens is 1. The van der Waals surface area contributed by atoms with Gasteiger partial charge in [-0.1, -0.05) is 0 Å². The van der Waals surface area contributed by atoms with E-state index < -0.39 is 0 Å². The summed E-state index contributed by atoms with van der Waals surface area (Å²) in [5, 5.41) is 15.8. The lowest BCUT2D eigenvalue weighted by Crippen LogP contribution is -2.33. The van der Waals surface area contributed by atoms with Crippen molar-refractivity contribution in [1.82, 2.24) is 25.0 Å². The smallest absolute Gasteiger partial charge is 0.239 e. The Morgan fingerprint density at radius 1 is 1.28 bits per heavy atom. The third-order valence-corrected chi connectivity index (χ3v) is 3.80. The first-order valence-corrected chi connectivity index (χ1v) is 8.13. The molecule has 9 heteroatoms. The molecule has 124 valence electrons. The van der Waals surface area contributed by atoms with Gasteiger partial charge in [0.2, 0.25) is 5.88 Å². The van der Waals surface area contributed by atoms with Crippen molar-refractivity contribution in [2.75, 3.05) is 5.32 Å². The lowest BCUT2D eigenvalue weighted by atomic mass is 9.67. The minimum Gasteiger partial charge on any atom is -0.489 e. The maximum Gasteiger partial charge on any atom is 0.239 e. The topological polar surface area (TPSA) is 80.6 Å². The summed E-state index contributed by atoms with van der Waals surface area (Å²) in [5.74, 6) is 1.34. The maximum absolute atomic E-state index is 5.96. The van der Waals surface area contributed by atoms with Gasteiger partial charge in [-0.3, -0.25) is 14.8 Å². The molecule has 0 saturated carbocycles. The minimum atomic E-state index is -0.294. The second-order valence-corrected chi connectivity index (χ2v) is 6.97. The summed E-state index contributed by atoms with van der Waals surface area (Å²) in [6.45, 7) is 2.01. The second kappa shape index (κ2) is 5.54. The molecule has 0 fully saturated rings. The van der Waals surface area contributed by atoms with E-state index in [2.05, 4.69) is 25.6 Å². The van der Waals surface area contributed by atoms with Crippen molar-refractivity contribution < 1.29 is 4.74 Å². The van der Waals surface area contributed by atoms with Gasteiger partial charge >= 0.3 is 0 Å². The van der Waals surface area contributed by atoms with E-state index in [0.717, 1.165) is 27.6 Å². The predicted octanol–water partition coefficient (Wildman–Crippen LogP) is 0.907. The predicted molar refractivity (Wildman–Crippen MR) is 104 cm³/mol. The highest BCUT2D eigenvalue weighted by Crippen LogP contribution is 2.30. The number of pyridine rings is 1. The molecule has 4 rings (SSSR count). The van der Waals surface area contributed by atoms with Crippen LogP contribution in [0.5, 0.6) is 5.88 Å². The van der Waals surface area contributed by atoms with E-state index in [4.69, 9.17) is 4.74 Å². The van der Waals surface area contributed by atoms with Crippen LogP contribution >= 0.6 is 0 Å². The molecule has 0 aliphatic rings. The molecule has 7 nitrogen and oxygen atoms in total. The molecule has 4 aromatic rings. The van der Waals surface area contributed by atoms with Crippen molar-refractivity contribution in [2.45, 2.75) is 12.3 Å². The highest BCUT2D eigenvalue weighted by Gasteiger charge is 2.18. The Morgan fingerprint density at radius 3 is 2.92 bits per heavy atom. The van der Waals surface area contributed by atoms with E-state index in [1.165, 1.54) is 0 Å². The first-order chi connectivity index (χ1) is 11.9. The number of anilines is 2. The average molecular weight is 332 g/mol. The van der Waals surface area contributed by atoms with Crippen LogP contribution in [-0.4, -0.2) is 46.1 Å². The van der Waals surface area contributed by atoms with Gasteiger partial charge < -0.3 is 10.1 Å². The monoisotopic (exact) mass is 332 g/mol. The van der Waals surface area contributed by atoms with E-state index in [-0.39, 0.29) is 5.40 Å². The number of nitrogens with zero attached hydrogens (tertiary/aromatic N) is 4. The highest BCUT2D eigenvalue weighted by molar-refractivity contribution is 6.38. The lowest BCUT2D eigenvalue weighted by Gasteiger charge is -2.19. The van der Waals surface area contributed by atoms with Crippen LogP contribution in [0.15, 0.2) is 36.5 Å². The van der Waals surface area contributed by atoms with Gasteiger partial charge in [-0.05, 0) is 37.3 Å². The molecule has 0 atom stereocenters.